The van der Waals surface area contributed by atoms with E-state index in [1.165, 1.54) is 0 Å². The molecular weight excluding hydrogens is 264 g/mol. The second-order valence-corrected chi connectivity index (χ2v) is 4.84. The van der Waals surface area contributed by atoms with Crippen molar-refractivity contribution in [1.82, 2.24) is 0 Å². The van der Waals surface area contributed by atoms with Crippen molar-refractivity contribution >= 4 is 0 Å². The van der Waals surface area contributed by atoms with Gasteiger partial charge < -0.3 is 29.5 Å². The summed E-state index contributed by atoms with van der Waals surface area (Å²) in [6, 6.07) is 7.33. The largest absolute Gasteiger partial charge is 0.497 e. The number of ether oxygens (including phenoxy) is 3. The highest BCUT2D eigenvalue weighted by Crippen LogP contribution is 2.23. The minimum Gasteiger partial charge on any atom is -0.497 e. The van der Waals surface area contributed by atoms with Gasteiger partial charge in [0.05, 0.1) is 19.8 Å². The van der Waals surface area contributed by atoms with Crippen LogP contribution < -0.4 is 4.74 Å². The Morgan fingerprint density at radius 3 is 2.35 bits per heavy atom. The Kier molecular flexibility index (Phi) is 4.95. The average Bonchev–Trinajstić information content (AvgIpc) is 2.45. The van der Waals surface area contributed by atoms with Gasteiger partial charge in [-0.2, -0.15) is 0 Å². The predicted octanol–water partition coefficient (Wildman–Crippen LogP) is 0.0393. The minimum absolute atomic E-state index is 0.266. The number of rotatable bonds is 4. The summed E-state index contributed by atoms with van der Waals surface area (Å²) in [5.41, 5.74) is 0.908. The maximum absolute atomic E-state index is 9.90. The Morgan fingerprint density at radius 1 is 1.10 bits per heavy atom. The molecule has 1 aromatic carbocycles. The molecule has 1 fully saturated rings. The monoisotopic (exact) mass is 284 g/mol. The zero-order chi connectivity index (χ0) is 14.7. The number of aliphatic hydroxyl groups excluding tert-OH is 3. The molecule has 1 saturated heterocycles. The molecule has 2 rings (SSSR count). The molecule has 0 bridgehead atoms. The summed E-state index contributed by atoms with van der Waals surface area (Å²) in [6.07, 6.45) is -5.16. The van der Waals surface area contributed by atoms with Crippen LogP contribution in [0.25, 0.3) is 0 Å². The number of methoxy groups -OCH3 is 1. The van der Waals surface area contributed by atoms with E-state index in [-0.39, 0.29) is 6.61 Å². The standard InChI is InChI=1S/C14H20O6/c1-8-13(11(15)12(16)14(17)20-8)19-7-9-3-5-10(18-2)6-4-9/h3-6,8,11-17H,7H2,1-2H3/t8?,11?,12?,13-,14+/m0/s1. The number of benzene rings is 1. The van der Waals surface area contributed by atoms with E-state index in [9.17, 15) is 15.3 Å². The van der Waals surface area contributed by atoms with Crippen molar-refractivity contribution in [3.63, 3.8) is 0 Å². The van der Waals surface area contributed by atoms with E-state index < -0.39 is 30.7 Å². The summed E-state index contributed by atoms with van der Waals surface area (Å²) in [4.78, 5) is 0. The van der Waals surface area contributed by atoms with Gasteiger partial charge in [-0.05, 0) is 24.6 Å². The first-order valence-corrected chi connectivity index (χ1v) is 6.47. The molecule has 6 heteroatoms. The van der Waals surface area contributed by atoms with Gasteiger partial charge in [0.15, 0.2) is 6.29 Å². The zero-order valence-corrected chi connectivity index (χ0v) is 11.5. The van der Waals surface area contributed by atoms with Gasteiger partial charge in [-0.15, -0.1) is 0 Å². The Hall–Kier alpha value is -1.18. The molecule has 0 aliphatic carbocycles. The molecule has 0 saturated carbocycles. The molecule has 20 heavy (non-hydrogen) atoms. The topological polar surface area (TPSA) is 88.4 Å². The van der Waals surface area contributed by atoms with Gasteiger partial charge in [0.1, 0.15) is 24.1 Å². The first kappa shape index (κ1) is 15.2. The fourth-order valence-corrected chi connectivity index (χ4v) is 2.17. The molecule has 3 N–H and O–H groups in total. The number of hydrogen-bond donors (Lipinski definition) is 3. The third-order valence-corrected chi connectivity index (χ3v) is 3.40. The highest BCUT2D eigenvalue weighted by Gasteiger charge is 2.42. The molecule has 1 aliphatic rings. The second kappa shape index (κ2) is 6.51. The zero-order valence-electron chi connectivity index (χ0n) is 11.5. The fourth-order valence-electron chi connectivity index (χ4n) is 2.17. The van der Waals surface area contributed by atoms with Crippen LogP contribution in [0.4, 0.5) is 0 Å². The first-order valence-electron chi connectivity index (χ1n) is 6.47. The molecule has 1 aromatic rings. The molecule has 0 amide bonds. The van der Waals surface area contributed by atoms with Crippen LogP contribution in [0.15, 0.2) is 24.3 Å². The molecule has 112 valence electrons. The van der Waals surface area contributed by atoms with E-state index in [4.69, 9.17) is 14.2 Å². The summed E-state index contributed by atoms with van der Waals surface area (Å²) in [5.74, 6) is 0.752. The van der Waals surface area contributed by atoms with Crippen LogP contribution in [0.1, 0.15) is 12.5 Å². The van der Waals surface area contributed by atoms with Crippen molar-refractivity contribution in [2.24, 2.45) is 0 Å². The summed E-state index contributed by atoms with van der Waals surface area (Å²) in [6.45, 7) is 1.94. The molecule has 0 radical (unpaired) electrons. The van der Waals surface area contributed by atoms with Gasteiger partial charge in [0.25, 0.3) is 0 Å². The average molecular weight is 284 g/mol. The van der Waals surface area contributed by atoms with E-state index in [2.05, 4.69) is 0 Å². The third-order valence-electron chi connectivity index (χ3n) is 3.40. The molecular formula is C14H20O6. The van der Waals surface area contributed by atoms with Crippen molar-refractivity contribution < 1.29 is 29.5 Å². The summed E-state index contributed by atoms with van der Waals surface area (Å²) in [7, 11) is 1.59. The maximum atomic E-state index is 9.90. The highest BCUT2D eigenvalue weighted by molar-refractivity contribution is 5.26. The van der Waals surface area contributed by atoms with Crippen LogP contribution in [0, 0.1) is 0 Å². The molecule has 0 aromatic heterocycles. The summed E-state index contributed by atoms with van der Waals surface area (Å²) >= 11 is 0. The van der Waals surface area contributed by atoms with Gasteiger partial charge in [-0.3, -0.25) is 0 Å². The van der Waals surface area contributed by atoms with Crippen molar-refractivity contribution in [3.8, 4) is 5.75 Å². The molecule has 6 nitrogen and oxygen atoms in total. The third kappa shape index (κ3) is 3.28. The molecule has 0 spiro atoms. The van der Waals surface area contributed by atoms with Crippen molar-refractivity contribution in [3.05, 3.63) is 29.8 Å². The SMILES string of the molecule is COc1ccc(CO[C@H]2C(C)O[C@@H](O)C(O)C2O)cc1. The normalized spacial score (nSPS) is 34.0. The lowest BCUT2D eigenvalue weighted by Gasteiger charge is -2.39. The van der Waals surface area contributed by atoms with Crippen LogP contribution in [0.2, 0.25) is 0 Å². The fraction of sp³-hybridized carbons (Fsp3) is 0.571. The minimum atomic E-state index is -1.39. The van der Waals surface area contributed by atoms with Crippen molar-refractivity contribution in [1.29, 1.82) is 0 Å². The maximum Gasteiger partial charge on any atom is 0.183 e. The van der Waals surface area contributed by atoms with Crippen molar-refractivity contribution in [2.75, 3.05) is 7.11 Å². The van der Waals surface area contributed by atoms with Crippen LogP contribution in [-0.2, 0) is 16.1 Å². The van der Waals surface area contributed by atoms with E-state index in [1.807, 2.05) is 24.3 Å². The van der Waals surface area contributed by atoms with Gasteiger partial charge in [0, 0.05) is 0 Å². The molecule has 3 unspecified atom stereocenters. The lowest BCUT2D eigenvalue weighted by molar-refractivity contribution is -0.287. The van der Waals surface area contributed by atoms with E-state index in [0.717, 1.165) is 11.3 Å². The number of hydrogen-bond acceptors (Lipinski definition) is 6. The smallest absolute Gasteiger partial charge is 0.183 e. The molecule has 1 heterocycles. The molecule has 5 atom stereocenters. The van der Waals surface area contributed by atoms with Gasteiger partial charge >= 0.3 is 0 Å². The lowest BCUT2D eigenvalue weighted by Crippen LogP contribution is -2.57. The van der Waals surface area contributed by atoms with Crippen LogP contribution in [0.3, 0.4) is 0 Å². The van der Waals surface area contributed by atoms with E-state index in [0.29, 0.717) is 0 Å². The highest BCUT2D eigenvalue weighted by atomic mass is 16.6. The summed E-state index contributed by atoms with van der Waals surface area (Å²) < 4.78 is 15.8. The van der Waals surface area contributed by atoms with E-state index >= 15 is 0 Å². The van der Waals surface area contributed by atoms with E-state index in [1.54, 1.807) is 14.0 Å². The van der Waals surface area contributed by atoms with Gasteiger partial charge in [0.2, 0.25) is 0 Å². The number of aliphatic hydroxyl groups is 3. The summed E-state index contributed by atoms with van der Waals surface area (Å²) in [5, 5.41) is 28.9. The Labute approximate surface area is 117 Å². The first-order chi connectivity index (χ1) is 9.52. The van der Waals surface area contributed by atoms with Crippen LogP contribution >= 0.6 is 0 Å². The lowest BCUT2D eigenvalue weighted by atomic mass is 10.00. The predicted molar refractivity (Wildman–Crippen MR) is 70.1 cm³/mol. The Balaban J connectivity index is 1.94. The Bertz CT molecular complexity index is 420. The molecule has 1 aliphatic heterocycles. The second-order valence-electron chi connectivity index (χ2n) is 4.84. The van der Waals surface area contributed by atoms with Crippen LogP contribution in [0.5, 0.6) is 5.75 Å². The van der Waals surface area contributed by atoms with Crippen molar-refractivity contribution in [2.45, 2.75) is 44.2 Å². The van der Waals surface area contributed by atoms with Gasteiger partial charge in [-0.25, -0.2) is 0 Å². The quantitative estimate of drug-likeness (QED) is 0.723. The van der Waals surface area contributed by atoms with Crippen LogP contribution in [-0.4, -0.2) is 53.1 Å². The van der Waals surface area contributed by atoms with Gasteiger partial charge in [-0.1, -0.05) is 12.1 Å². The Morgan fingerprint density at radius 2 is 1.75 bits per heavy atom.